The van der Waals surface area contributed by atoms with Gasteiger partial charge in [0, 0.05) is 25.7 Å². The van der Waals surface area contributed by atoms with Crippen LogP contribution in [0.3, 0.4) is 0 Å². The van der Waals surface area contributed by atoms with Crippen molar-refractivity contribution in [1.29, 1.82) is 0 Å². The number of nitrogens with two attached hydrogens (primary N) is 1. The van der Waals surface area contributed by atoms with Crippen LogP contribution in [0.15, 0.2) is 30.3 Å². The molecule has 0 aliphatic carbocycles. The number of likely N-dealkylation sites (tertiary alicyclic amines) is 1. The Balaban J connectivity index is 1.60. The van der Waals surface area contributed by atoms with E-state index >= 15 is 0 Å². The van der Waals surface area contributed by atoms with Crippen molar-refractivity contribution in [3.05, 3.63) is 35.9 Å². The molecule has 1 aromatic rings. The van der Waals surface area contributed by atoms with E-state index < -0.39 is 0 Å². The zero-order chi connectivity index (χ0) is 12.1. The minimum Gasteiger partial charge on any atom is -0.355 e. The highest BCUT2D eigenvalue weighted by molar-refractivity contribution is 5.78. The molecule has 1 aliphatic heterocycles. The number of hydrogen-bond donors (Lipinski definition) is 2. The van der Waals surface area contributed by atoms with Gasteiger partial charge in [0.05, 0.1) is 6.54 Å². The molecule has 1 amide bonds. The molecule has 0 spiro atoms. The molecular formula is C13H19N3O. The molecule has 0 bridgehead atoms. The van der Waals surface area contributed by atoms with E-state index in [0.717, 1.165) is 19.5 Å². The molecule has 1 fully saturated rings. The molecule has 0 saturated carbocycles. The lowest BCUT2D eigenvalue weighted by Crippen LogP contribution is -2.58. The first-order valence-corrected chi connectivity index (χ1v) is 6.02. The van der Waals surface area contributed by atoms with Crippen molar-refractivity contribution in [1.82, 2.24) is 10.2 Å². The first-order chi connectivity index (χ1) is 8.24. The maximum Gasteiger partial charge on any atom is 0.234 e. The average molecular weight is 233 g/mol. The molecule has 1 saturated heterocycles. The van der Waals surface area contributed by atoms with Crippen LogP contribution in [0.25, 0.3) is 0 Å². The SMILES string of the molecule is NC1CN(CC(=O)NCCc2ccccc2)C1. The Bertz CT molecular complexity index is 360. The Morgan fingerprint density at radius 2 is 2.06 bits per heavy atom. The zero-order valence-electron chi connectivity index (χ0n) is 9.93. The van der Waals surface area contributed by atoms with Gasteiger partial charge in [-0.05, 0) is 12.0 Å². The summed E-state index contributed by atoms with van der Waals surface area (Å²) in [5.74, 6) is 0.0906. The summed E-state index contributed by atoms with van der Waals surface area (Å²) in [6.07, 6.45) is 0.881. The molecule has 17 heavy (non-hydrogen) atoms. The van der Waals surface area contributed by atoms with Gasteiger partial charge in [0.25, 0.3) is 0 Å². The van der Waals surface area contributed by atoms with E-state index in [1.165, 1.54) is 5.56 Å². The van der Waals surface area contributed by atoms with Crippen LogP contribution < -0.4 is 11.1 Å². The lowest BCUT2D eigenvalue weighted by Gasteiger charge is -2.36. The van der Waals surface area contributed by atoms with Crippen molar-refractivity contribution in [3.8, 4) is 0 Å². The predicted molar refractivity (Wildman–Crippen MR) is 67.6 cm³/mol. The van der Waals surface area contributed by atoms with E-state index in [0.29, 0.717) is 13.1 Å². The lowest BCUT2D eigenvalue weighted by atomic mass is 10.1. The third-order valence-electron chi connectivity index (χ3n) is 2.93. The number of hydrogen-bond acceptors (Lipinski definition) is 3. The van der Waals surface area contributed by atoms with Crippen LogP contribution in [0, 0.1) is 0 Å². The van der Waals surface area contributed by atoms with Gasteiger partial charge in [-0.2, -0.15) is 0 Å². The molecule has 92 valence electrons. The van der Waals surface area contributed by atoms with E-state index in [1.54, 1.807) is 0 Å². The Labute approximate surface area is 102 Å². The smallest absolute Gasteiger partial charge is 0.234 e. The molecule has 1 aliphatic rings. The van der Waals surface area contributed by atoms with E-state index in [9.17, 15) is 4.79 Å². The van der Waals surface area contributed by atoms with Crippen molar-refractivity contribution in [2.75, 3.05) is 26.2 Å². The van der Waals surface area contributed by atoms with Crippen LogP contribution in [-0.4, -0.2) is 43.0 Å². The molecule has 2 rings (SSSR count). The third kappa shape index (κ3) is 3.84. The van der Waals surface area contributed by atoms with Gasteiger partial charge in [-0.3, -0.25) is 9.69 Å². The summed E-state index contributed by atoms with van der Waals surface area (Å²) in [5, 5.41) is 2.92. The second-order valence-corrected chi connectivity index (χ2v) is 4.54. The summed E-state index contributed by atoms with van der Waals surface area (Å²) in [6.45, 7) is 2.85. The number of rotatable bonds is 5. The molecule has 4 heteroatoms. The van der Waals surface area contributed by atoms with Crippen molar-refractivity contribution in [2.45, 2.75) is 12.5 Å². The van der Waals surface area contributed by atoms with Crippen LogP contribution in [0.1, 0.15) is 5.56 Å². The molecular weight excluding hydrogens is 214 g/mol. The van der Waals surface area contributed by atoms with E-state index in [4.69, 9.17) is 5.73 Å². The van der Waals surface area contributed by atoms with Crippen molar-refractivity contribution in [2.24, 2.45) is 5.73 Å². The van der Waals surface area contributed by atoms with E-state index in [1.807, 2.05) is 18.2 Å². The van der Waals surface area contributed by atoms with Gasteiger partial charge >= 0.3 is 0 Å². The minimum atomic E-state index is 0.0906. The largest absolute Gasteiger partial charge is 0.355 e. The standard InChI is InChI=1S/C13H19N3O/c14-12-8-16(9-12)10-13(17)15-7-6-11-4-2-1-3-5-11/h1-5,12H,6-10,14H2,(H,15,17). The minimum absolute atomic E-state index is 0.0906. The van der Waals surface area contributed by atoms with Crippen molar-refractivity contribution >= 4 is 5.91 Å². The molecule has 3 N–H and O–H groups in total. The zero-order valence-corrected chi connectivity index (χ0v) is 9.93. The fourth-order valence-corrected chi connectivity index (χ4v) is 1.99. The molecule has 0 aromatic heterocycles. The van der Waals surface area contributed by atoms with Gasteiger partial charge < -0.3 is 11.1 Å². The summed E-state index contributed by atoms with van der Waals surface area (Å²) in [5.41, 5.74) is 6.90. The van der Waals surface area contributed by atoms with Gasteiger partial charge in [-0.1, -0.05) is 30.3 Å². The summed E-state index contributed by atoms with van der Waals surface area (Å²) in [7, 11) is 0. The maximum atomic E-state index is 11.5. The first-order valence-electron chi connectivity index (χ1n) is 6.02. The fraction of sp³-hybridized carbons (Fsp3) is 0.462. The van der Waals surface area contributed by atoms with Crippen LogP contribution in [0.4, 0.5) is 0 Å². The van der Waals surface area contributed by atoms with E-state index in [2.05, 4.69) is 22.3 Å². The quantitative estimate of drug-likeness (QED) is 0.752. The number of nitrogens with one attached hydrogen (secondary N) is 1. The maximum absolute atomic E-state index is 11.5. The summed E-state index contributed by atoms with van der Waals surface area (Å²) >= 11 is 0. The van der Waals surface area contributed by atoms with Crippen LogP contribution in [-0.2, 0) is 11.2 Å². The number of carbonyl (C=O) groups excluding carboxylic acids is 1. The number of benzene rings is 1. The average Bonchev–Trinajstić information content (AvgIpc) is 2.28. The number of carbonyl (C=O) groups is 1. The molecule has 1 heterocycles. The highest BCUT2D eigenvalue weighted by Gasteiger charge is 2.24. The summed E-state index contributed by atoms with van der Waals surface area (Å²) in [6, 6.07) is 10.4. The lowest BCUT2D eigenvalue weighted by molar-refractivity contribution is -0.123. The van der Waals surface area contributed by atoms with Crippen LogP contribution in [0.2, 0.25) is 0 Å². The summed E-state index contributed by atoms with van der Waals surface area (Å²) in [4.78, 5) is 13.6. The van der Waals surface area contributed by atoms with Crippen LogP contribution >= 0.6 is 0 Å². The van der Waals surface area contributed by atoms with Crippen molar-refractivity contribution in [3.63, 3.8) is 0 Å². The van der Waals surface area contributed by atoms with E-state index in [-0.39, 0.29) is 11.9 Å². The normalized spacial score (nSPS) is 16.5. The molecule has 4 nitrogen and oxygen atoms in total. The predicted octanol–water partition coefficient (Wildman–Crippen LogP) is -0.0118. The number of amides is 1. The van der Waals surface area contributed by atoms with Crippen LogP contribution in [0.5, 0.6) is 0 Å². The molecule has 0 unspecified atom stereocenters. The first kappa shape index (κ1) is 12.1. The van der Waals surface area contributed by atoms with Gasteiger partial charge in [0.1, 0.15) is 0 Å². The Morgan fingerprint density at radius 3 is 2.71 bits per heavy atom. The monoisotopic (exact) mass is 233 g/mol. The topological polar surface area (TPSA) is 58.4 Å². The van der Waals surface area contributed by atoms with Gasteiger partial charge in [-0.15, -0.1) is 0 Å². The second-order valence-electron chi connectivity index (χ2n) is 4.54. The van der Waals surface area contributed by atoms with Gasteiger partial charge in [-0.25, -0.2) is 0 Å². The highest BCUT2D eigenvalue weighted by Crippen LogP contribution is 2.03. The fourth-order valence-electron chi connectivity index (χ4n) is 1.99. The molecule has 1 aromatic carbocycles. The third-order valence-corrected chi connectivity index (χ3v) is 2.93. The van der Waals surface area contributed by atoms with Gasteiger partial charge in [0.2, 0.25) is 5.91 Å². The summed E-state index contributed by atoms with van der Waals surface area (Å²) < 4.78 is 0. The molecule has 0 atom stereocenters. The van der Waals surface area contributed by atoms with Crippen molar-refractivity contribution < 1.29 is 4.79 Å². The number of nitrogens with zero attached hydrogens (tertiary/aromatic N) is 1. The second kappa shape index (κ2) is 5.80. The Kier molecular flexibility index (Phi) is 4.12. The Morgan fingerprint density at radius 1 is 1.35 bits per heavy atom. The Hall–Kier alpha value is -1.39. The molecule has 0 radical (unpaired) electrons. The van der Waals surface area contributed by atoms with Gasteiger partial charge in [0.15, 0.2) is 0 Å². The highest BCUT2D eigenvalue weighted by atomic mass is 16.2.